The third-order valence-corrected chi connectivity index (χ3v) is 1.89. The second-order valence-electron chi connectivity index (χ2n) is 2.99. The predicted molar refractivity (Wildman–Crippen MR) is 43.2 cm³/mol. The third-order valence-electron chi connectivity index (χ3n) is 1.89. The Hall–Kier alpha value is -0.870. The van der Waals surface area contributed by atoms with E-state index in [9.17, 15) is 9.90 Å². The van der Waals surface area contributed by atoms with Crippen LogP contribution in [0.5, 0.6) is 0 Å². The summed E-state index contributed by atoms with van der Waals surface area (Å²) in [7, 11) is 0. The summed E-state index contributed by atoms with van der Waals surface area (Å²) in [6.45, 7) is 1.96. The lowest BCUT2D eigenvalue weighted by Gasteiger charge is -2.29. The fourth-order valence-electron chi connectivity index (χ4n) is 1.20. The SMILES string of the molecule is CC1(O)C=CC(=O)N1CCCO. The van der Waals surface area contributed by atoms with Gasteiger partial charge in [-0.3, -0.25) is 4.79 Å². The first-order valence-electron chi connectivity index (χ1n) is 3.92. The van der Waals surface area contributed by atoms with Crippen LogP contribution in [0.3, 0.4) is 0 Å². The molecule has 1 rings (SSSR count). The molecule has 0 aliphatic carbocycles. The number of nitrogens with zero attached hydrogens (tertiary/aromatic N) is 1. The molecule has 0 bridgehead atoms. The summed E-state index contributed by atoms with van der Waals surface area (Å²) in [5, 5.41) is 18.1. The molecule has 0 saturated heterocycles. The van der Waals surface area contributed by atoms with Crippen LogP contribution in [0.1, 0.15) is 13.3 Å². The number of hydrogen-bond acceptors (Lipinski definition) is 3. The molecule has 0 saturated carbocycles. The van der Waals surface area contributed by atoms with Gasteiger partial charge in [0.2, 0.25) is 5.91 Å². The van der Waals surface area contributed by atoms with E-state index in [0.29, 0.717) is 13.0 Å². The molecule has 68 valence electrons. The summed E-state index contributed by atoms with van der Waals surface area (Å²) in [6, 6.07) is 0. The number of rotatable bonds is 3. The van der Waals surface area contributed by atoms with Crippen molar-refractivity contribution in [2.24, 2.45) is 0 Å². The zero-order valence-corrected chi connectivity index (χ0v) is 7.03. The van der Waals surface area contributed by atoms with Crippen molar-refractivity contribution >= 4 is 5.91 Å². The van der Waals surface area contributed by atoms with Gasteiger partial charge in [-0.25, -0.2) is 0 Å². The highest BCUT2D eigenvalue weighted by Gasteiger charge is 2.33. The van der Waals surface area contributed by atoms with Crippen LogP contribution in [-0.4, -0.2) is 39.9 Å². The van der Waals surface area contributed by atoms with Crippen LogP contribution in [0.15, 0.2) is 12.2 Å². The van der Waals surface area contributed by atoms with Crippen LogP contribution in [0.25, 0.3) is 0 Å². The van der Waals surface area contributed by atoms with Crippen LogP contribution in [-0.2, 0) is 4.79 Å². The number of hydrogen-bond donors (Lipinski definition) is 2. The molecule has 4 nitrogen and oxygen atoms in total. The van der Waals surface area contributed by atoms with Gasteiger partial charge >= 0.3 is 0 Å². The fourth-order valence-corrected chi connectivity index (χ4v) is 1.20. The molecule has 0 aromatic heterocycles. The Morgan fingerprint density at radius 1 is 1.67 bits per heavy atom. The normalized spacial score (nSPS) is 28.6. The Kier molecular flexibility index (Phi) is 2.49. The maximum Gasteiger partial charge on any atom is 0.248 e. The first-order valence-corrected chi connectivity index (χ1v) is 3.92. The van der Waals surface area contributed by atoms with Crippen LogP contribution in [0.2, 0.25) is 0 Å². The Morgan fingerprint density at radius 2 is 2.33 bits per heavy atom. The van der Waals surface area contributed by atoms with E-state index in [2.05, 4.69) is 0 Å². The maximum absolute atomic E-state index is 11.1. The molecule has 1 aliphatic rings. The van der Waals surface area contributed by atoms with Crippen molar-refractivity contribution in [2.75, 3.05) is 13.2 Å². The average molecular weight is 171 g/mol. The third kappa shape index (κ3) is 1.65. The van der Waals surface area contributed by atoms with Gasteiger partial charge in [-0.05, 0) is 19.4 Å². The lowest BCUT2D eigenvalue weighted by Crippen LogP contribution is -2.44. The minimum Gasteiger partial charge on any atom is -0.396 e. The molecular formula is C8H13NO3. The van der Waals surface area contributed by atoms with Gasteiger partial charge < -0.3 is 15.1 Å². The summed E-state index contributed by atoms with van der Waals surface area (Å²) in [4.78, 5) is 12.4. The molecule has 1 aliphatic heterocycles. The van der Waals surface area contributed by atoms with Crippen molar-refractivity contribution in [2.45, 2.75) is 19.1 Å². The fraction of sp³-hybridized carbons (Fsp3) is 0.625. The van der Waals surface area contributed by atoms with Gasteiger partial charge in [-0.2, -0.15) is 0 Å². The molecule has 12 heavy (non-hydrogen) atoms. The zero-order chi connectivity index (χ0) is 9.19. The highest BCUT2D eigenvalue weighted by molar-refractivity contribution is 5.91. The molecule has 1 unspecified atom stereocenters. The van der Waals surface area contributed by atoms with E-state index in [-0.39, 0.29) is 12.5 Å². The number of carbonyl (C=O) groups is 1. The average Bonchev–Trinajstić information content (AvgIpc) is 2.24. The Balaban J connectivity index is 2.57. The number of amides is 1. The molecule has 1 heterocycles. The van der Waals surface area contributed by atoms with E-state index in [1.54, 1.807) is 6.92 Å². The van der Waals surface area contributed by atoms with E-state index in [1.807, 2.05) is 0 Å². The van der Waals surface area contributed by atoms with Gasteiger partial charge in [0, 0.05) is 19.2 Å². The highest BCUT2D eigenvalue weighted by atomic mass is 16.3. The van der Waals surface area contributed by atoms with Crippen molar-refractivity contribution in [1.82, 2.24) is 4.90 Å². The molecule has 1 amide bonds. The molecular weight excluding hydrogens is 158 g/mol. The molecule has 0 fully saturated rings. The first kappa shape index (κ1) is 9.22. The summed E-state index contributed by atoms with van der Waals surface area (Å²) >= 11 is 0. The minimum absolute atomic E-state index is 0.0276. The topological polar surface area (TPSA) is 60.8 Å². The molecule has 0 aromatic carbocycles. The maximum atomic E-state index is 11.1. The minimum atomic E-state index is -1.17. The second kappa shape index (κ2) is 3.25. The zero-order valence-electron chi connectivity index (χ0n) is 7.03. The van der Waals surface area contributed by atoms with Crippen molar-refractivity contribution in [3.8, 4) is 0 Å². The number of aliphatic hydroxyl groups excluding tert-OH is 1. The Bertz CT molecular complexity index is 210. The molecule has 4 heteroatoms. The standard InChI is InChI=1S/C8H13NO3/c1-8(12)4-3-7(11)9(8)5-2-6-10/h3-4,10,12H,2,5-6H2,1H3. The van der Waals surface area contributed by atoms with Crippen molar-refractivity contribution in [3.63, 3.8) is 0 Å². The van der Waals surface area contributed by atoms with E-state index < -0.39 is 5.72 Å². The van der Waals surface area contributed by atoms with E-state index >= 15 is 0 Å². The van der Waals surface area contributed by atoms with E-state index in [0.717, 1.165) is 0 Å². The van der Waals surface area contributed by atoms with Gasteiger partial charge in [-0.15, -0.1) is 0 Å². The molecule has 2 N–H and O–H groups in total. The van der Waals surface area contributed by atoms with Gasteiger partial charge in [0.25, 0.3) is 0 Å². The molecule has 0 radical (unpaired) electrons. The largest absolute Gasteiger partial charge is 0.396 e. The lowest BCUT2D eigenvalue weighted by atomic mass is 10.2. The molecule has 1 atom stereocenters. The molecule has 0 aromatic rings. The van der Waals surface area contributed by atoms with Gasteiger partial charge in [0.1, 0.15) is 0 Å². The van der Waals surface area contributed by atoms with Crippen molar-refractivity contribution in [3.05, 3.63) is 12.2 Å². The highest BCUT2D eigenvalue weighted by Crippen LogP contribution is 2.20. The Morgan fingerprint density at radius 3 is 2.75 bits per heavy atom. The van der Waals surface area contributed by atoms with Crippen molar-refractivity contribution < 1.29 is 15.0 Å². The first-order chi connectivity index (χ1) is 5.58. The predicted octanol–water partition coefficient (Wildman–Crippen LogP) is -0.524. The van der Waals surface area contributed by atoms with Gasteiger partial charge in [-0.1, -0.05) is 0 Å². The summed E-state index contributed by atoms with van der Waals surface area (Å²) < 4.78 is 0. The number of carbonyl (C=O) groups excluding carboxylic acids is 1. The second-order valence-corrected chi connectivity index (χ2v) is 2.99. The van der Waals surface area contributed by atoms with Gasteiger partial charge in [0.05, 0.1) is 0 Å². The monoisotopic (exact) mass is 171 g/mol. The van der Waals surface area contributed by atoms with Crippen molar-refractivity contribution in [1.29, 1.82) is 0 Å². The van der Waals surface area contributed by atoms with Crippen LogP contribution in [0.4, 0.5) is 0 Å². The van der Waals surface area contributed by atoms with E-state index in [1.165, 1.54) is 17.1 Å². The summed E-state index contributed by atoms with van der Waals surface area (Å²) in [5.41, 5.74) is -1.17. The molecule has 0 spiro atoms. The van der Waals surface area contributed by atoms with Crippen LogP contribution >= 0.6 is 0 Å². The smallest absolute Gasteiger partial charge is 0.248 e. The summed E-state index contributed by atoms with van der Waals surface area (Å²) in [6.07, 6.45) is 3.29. The Labute approximate surface area is 71.1 Å². The number of aliphatic hydroxyl groups is 2. The van der Waals surface area contributed by atoms with Crippen LogP contribution < -0.4 is 0 Å². The van der Waals surface area contributed by atoms with Crippen LogP contribution in [0, 0.1) is 0 Å². The van der Waals surface area contributed by atoms with E-state index in [4.69, 9.17) is 5.11 Å². The quantitative estimate of drug-likeness (QED) is 0.600. The lowest BCUT2D eigenvalue weighted by molar-refractivity contribution is -0.139. The van der Waals surface area contributed by atoms with Gasteiger partial charge in [0.15, 0.2) is 5.72 Å². The summed E-state index contributed by atoms with van der Waals surface area (Å²) in [5.74, 6) is -0.201.